The highest BCUT2D eigenvalue weighted by atomic mass is 19.1. The van der Waals surface area contributed by atoms with E-state index in [1.54, 1.807) is 25.4 Å². The van der Waals surface area contributed by atoms with Crippen LogP contribution in [0.3, 0.4) is 0 Å². The molecular formula is C12H10F2N2. The Bertz CT molecular complexity index is 512. The first-order valence-corrected chi connectivity index (χ1v) is 4.80. The number of aromatic nitrogens is 1. The molecule has 0 saturated heterocycles. The van der Waals surface area contributed by atoms with Gasteiger partial charge in [0.1, 0.15) is 11.6 Å². The highest BCUT2D eigenvalue weighted by Gasteiger charge is 2.07. The minimum atomic E-state index is -0.610. The van der Waals surface area contributed by atoms with Gasteiger partial charge in [-0.1, -0.05) is 0 Å². The van der Waals surface area contributed by atoms with Crippen LogP contribution in [0.15, 0.2) is 36.5 Å². The van der Waals surface area contributed by atoms with Crippen molar-refractivity contribution in [1.82, 2.24) is 4.98 Å². The maximum atomic E-state index is 13.5. The van der Waals surface area contributed by atoms with E-state index in [2.05, 4.69) is 10.3 Å². The Morgan fingerprint density at radius 1 is 1.12 bits per heavy atom. The van der Waals surface area contributed by atoms with Crippen molar-refractivity contribution in [3.8, 4) is 11.3 Å². The molecule has 0 aliphatic heterocycles. The molecule has 0 radical (unpaired) electrons. The molecule has 0 bridgehead atoms. The third-order valence-electron chi connectivity index (χ3n) is 2.26. The first kappa shape index (κ1) is 10.5. The van der Waals surface area contributed by atoms with Crippen LogP contribution in [0.2, 0.25) is 0 Å². The smallest absolute Gasteiger partial charge is 0.135 e. The minimum absolute atomic E-state index is 0.290. The van der Waals surface area contributed by atoms with E-state index >= 15 is 0 Å². The Labute approximate surface area is 92.0 Å². The van der Waals surface area contributed by atoms with Gasteiger partial charge in [-0.3, -0.25) is 4.98 Å². The third kappa shape index (κ3) is 2.00. The van der Waals surface area contributed by atoms with Crippen LogP contribution in [0, 0.1) is 11.6 Å². The van der Waals surface area contributed by atoms with Gasteiger partial charge in [0.15, 0.2) is 0 Å². The Morgan fingerprint density at radius 2 is 1.94 bits per heavy atom. The van der Waals surface area contributed by atoms with Crippen molar-refractivity contribution < 1.29 is 8.78 Å². The first-order chi connectivity index (χ1) is 7.70. The summed E-state index contributed by atoms with van der Waals surface area (Å²) in [5.74, 6) is -1.20. The first-order valence-electron chi connectivity index (χ1n) is 4.80. The summed E-state index contributed by atoms with van der Waals surface area (Å²) in [6.45, 7) is 0. The normalized spacial score (nSPS) is 10.2. The molecule has 0 saturated carbocycles. The van der Waals surface area contributed by atoms with Gasteiger partial charge in [0, 0.05) is 30.6 Å². The Morgan fingerprint density at radius 3 is 2.62 bits per heavy atom. The minimum Gasteiger partial charge on any atom is -0.388 e. The van der Waals surface area contributed by atoms with E-state index < -0.39 is 11.6 Å². The number of nitrogens with zero attached hydrogens (tertiary/aromatic N) is 1. The SMILES string of the molecule is CNc1ccnc(-c2ccc(F)cc2F)c1. The number of anilines is 1. The molecule has 0 atom stereocenters. The monoisotopic (exact) mass is 220 g/mol. The fraction of sp³-hybridized carbons (Fsp3) is 0.0833. The highest BCUT2D eigenvalue weighted by molar-refractivity contribution is 5.64. The zero-order valence-corrected chi connectivity index (χ0v) is 8.67. The van der Waals surface area contributed by atoms with Gasteiger partial charge < -0.3 is 5.32 Å². The zero-order valence-electron chi connectivity index (χ0n) is 8.67. The molecule has 0 amide bonds. The summed E-state index contributed by atoms with van der Waals surface area (Å²) < 4.78 is 26.2. The maximum absolute atomic E-state index is 13.5. The third-order valence-corrected chi connectivity index (χ3v) is 2.26. The predicted molar refractivity (Wildman–Crippen MR) is 59.1 cm³/mol. The van der Waals surface area contributed by atoms with Gasteiger partial charge in [-0.25, -0.2) is 8.78 Å². The molecule has 4 heteroatoms. The van der Waals surface area contributed by atoms with E-state index in [-0.39, 0.29) is 0 Å². The van der Waals surface area contributed by atoms with Gasteiger partial charge in [0.2, 0.25) is 0 Å². The Balaban J connectivity index is 2.49. The van der Waals surface area contributed by atoms with Crippen LogP contribution in [-0.2, 0) is 0 Å². The molecule has 0 aliphatic carbocycles. The van der Waals surface area contributed by atoms with E-state index in [1.165, 1.54) is 12.1 Å². The van der Waals surface area contributed by atoms with Crippen molar-refractivity contribution >= 4 is 5.69 Å². The van der Waals surface area contributed by atoms with Gasteiger partial charge in [0.25, 0.3) is 0 Å². The standard InChI is InChI=1S/C12H10F2N2/c1-15-9-4-5-16-12(7-9)10-3-2-8(13)6-11(10)14/h2-7H,1H3,(H,15,16). The fourth-order valence-electron chi connectivity index (χ4n) is 1.43. The molecule has 16 heavy (non-hydrogen) atoms. The zero-order chi connectivity index (χ0) is 11.5. The molecule has 82 valence electrons. The quantitative estimate of drug-likeness (QED) is 0.841. The molecule has 1 N–H and O–H groups in total. The predicted octanol–water partition coefficient (Wildman–Crippen LogP) is 3.07. The van der Waals surface area contributed by atoms with Gasteiger partial charge in [-0.2, -0.15) is 0 Å². The van der Waals surface area contributed by atoms with Gasteiger partial charge in [-0.15, -0.1) is 0 Å². The van der Waals surface area contributed by atoms with Crippen LogP contribution in [0.1, 0.15) is 0 Å². The second-order valence-corrected chi connectivity index (χ2v) is 3.30. The summed E-state index contributed by atoms with van der Waals surface area (Å²) in [4.78, 5) is 4.05. The molecule has 0 aliphatic rings. The largest absolute Gasteiger partial charge is 0.388 e. The number of hydrogen-bond acceptors (Lipinski definition) is 2. The van der Waals surface area contributed by atoms with Gasteiger partial charge >= 0.3 is 0 Å². The molecule has 0 spiro atoms. The Hall–Kier alpha value is -1.97. The van der Waals surface area contributed by atoms with Crippen LogP contribution in [0.4, 0.5) is 14.5 Å². The average Bonchev–Trinajstić information content (AvgIpc) is 2.29. The van der Waals surface area contributed by atoms with E-state index in [4.69, 9.17) is 0 Å². The molecule has 0 fully saturated rings. The number of benzene rings is 1. The topological polar surface area (TPSA) is 24.9 Å². The summed E-state index contributed by atoms with van der Waals surface area (Å²) in [5.41, 5.74) is 1.59. The van der Waals surface area contributed by atoms with E-state index in [1.807, 2.05) is 0 Å². The molecule has 1 aromatic heterocycles. The highest BCUT2D eigenvalue weighted by Crippen LogP contribution is 2.23. The number of nitrogens with one attached hydrogen (secondary N) is 1. The summed E-state index contributed by atoms with van der Waals surface area (Å²) in [5, 5.41) is 2.93. The van der Waals surface area contributed by atoms with Crippen LogP contribution >= 0.6 is 0 Å². The van der Waals surface area contributed by atoms with E-state index in [0.717, 1.165) is 11.8 Å². The number of pyridine rings is 1. The van der Waals surface area contributed by atoms with Crippen LogP contribution in [-0.4, -0.2) is 12.0 Å². The number of hydrogen-bond donors (Lipinski definition) is 1. The molecule has 2 nitrogen and oxygen atoms in total. The lowest BCUT2D eigenvalue weighted by atomic mass is 10.1. The summed E-state index contributed by atoms with van der Waals surface area (Å²) in [6, 6.07) is 6.92. The van der Waals surface area contributed by atoms with Crippen molar-refractivity contribution in [2.24, 2.45) is 0 Å². The summed E-state index contributed by atoms with van der Waals surface area (Å²) >= 11 is 0. The van der Waals surface area contributed by atoms with E-state index in [0.29, 0.717) is 11.3 Å². The van der Waals surface area contributed by atoms with Crippen molar-refractivity contribution in [2.45, 2.75) is 0 Å². The second-order valence-electron chi connectivity index (χ2n) is 3.30. The van der Waals surface area contributed by atoms with Crippen molar-refractivity contribution in [3.05, 3.63) is 48.2 Å². The fourth-order valence-corrected chi connectivity index (χ4v) is 1.43. The van der Waals surface area contributed by atoms with Gasteiger partial charge in [0.05, 0.1) is 5.69 Å². The number of halogens is 2. The Kier molecular flexibility index (Phi) is 2.81. The van der Waals surface area contributed by atoms with Crippen LogP contribution in [0.25, 0.3) is 11.3 Å². The molecule has 2 aromatic rings. The lowest BCUT2D eigenvalue weighted by Crippen LogP contribution is -1.92. The van der Waals surface area contributed by atoms with Crippen LogP contribution in [0.5, 0.6) is 0 Å². The average molecular weight is 220 g/mol. The molecule has 1 heterocycles. The summed E-state index contributed by atoms with van der Waals surface area (Å²) in [6.07, 6.45) is 1.57. The molecule has 0 unspecified atom stereocenters. The van der Waals surface area contributed by atoms with Crippen molar-refractivity contribution in [3.63, 3.8) is 0 Å². The molecule has 2 rings (SSSR count). The van der Waals surface area contributed by atoms with Crippen molar-refractivity contribution in [2.75, 3.05) is 12.4 Å². The molecular weight excluding hydrogens is 210 g/mol. The van der Waals surface area contributed by atoms with E-state index in [9.17, 15) is 8.78 Å². The molecule has 1 aromatic carbocycles. The second kappa shape index (κ2) is 4.26. The summed E-state index contributed by atoms with van der Waals surface area (Å²) in [7, 11) is 1.76. The van der Waals surface area contributed by atoms with Gasteiger partial charge in [-0.05, 0) is 24.3 Å². The lowest BCUT2D eigenvalue weighted by molar-refractivity contribution is 0.585. The van der Waals surface area contributed by atoms with Crippen LogP contribution < -0.4 is 5.32 Å². The number of rotatable bonds is 2. The lowest BCUT2D eigenvalue weighted by Gasteiger charge is -2.05. The maximum Gasteiger partial charge on any atom is 0.135 e. The van der Waals surface area contributed by atoms with Crippen molar-refractivity contribution in [1.29, 1.82) is 0 Å².